The molecule has 5 fully saturated rings. The zero-order valence-corrected chi connectivity index (χ0v) is 15.3. The second-order valence-corrected chi connectivity index (χ2v) is 8.13. The van der Waals surface area contributed by atoms with Crippen LogP contribution in [0.15, 0.2) is 24.3 Å². The van der Waals surface area contributed by atoms with Crippen LogP contribution >= 0.6 is 23.0 Å². The van der Waals surface area contributed by atoms with Crippen molar-refractivity contribution >= 4 is 23.0 Å². The molecule has 1 aliphatic heterocycles. The van der Waals surface area contributed by atoms with E-state index in [1.807, 2.05) is 41.2 Å². The third kappa shape index (κ3) is 1.77. The first kappa shape index (κ1) is 14.9. The summed E-state index contributed by atoms with van der Waals surface area (Å²) in [7, 11) is 1.74. The Balaban J connectivity index is 1.60. The van der Waals surface area contributed by atoms with Gasteiger partial charge in [-0.15, -0.1) is 0 Å². The van der Waals surface area contributed by atoms with E-state index < -0.39 is 5.79 Å². The van der Waals surface area contributed by atoms with Gasteiger partial charge in [-0.2, -0.15) is 4.89 Å². The Morgan fingerprint density at radius 2 is 1.74 bits per heavy atom. The first-order valence-corrected chi connectivity index (χ1v) is 9.41. The Bertz CT molecular complexity index is 601. The van der Waals surface area contributed by atoms with E-state index in [0.29, 0.717) is 11.8 Å². The minimum absolute atomic E-state index is 0.320. The SMILES string of the molecule is COC1(c2cccc(OI)c2)OOC12C1CC3CC(C1)CC2C3. The summed E-state index contributed by atoms with van der Waals surface area (Å²) in [6, 6.07) is 8.03. The maximum Gasteiger partial charge on any atom is 0.260 e. The van der Waals surface area contributed by atoms with Gasteiger partial charge in [0.05, 0.1) is 0 Å². The summed E-state index contributed by atoms with van der Waals surface area (Å²) in [4.78, 5) is 11.7. The predicted octanol–water partition coefficient (Wildman–Crippen LogP) is 4.37. The van der Waals surface area contributed by atoms with Gasteiger partial charge in [-0.3, -0.25) is 0 Å². The van der Waals surface area contributed by atoms with Crippen molar-refractivity contribution in [1.82, 2.24) is 0 Å². The third-order valence-electron chi connectivity index (χ3n) is 6.75. The van der Waals surface area contributed by atoms with E-state index in [9.17, 15) is 0 Å². The summed E-state index contributed by atoms with van der Waals surface area (Å²) in [6.45, 7) is 0. The zero-order chi connectivity index (χ0) is 15.7. The number of hydrogen-bond acceptors (Lipinski definition) is 4. The summed E-state index contributed by atoms with van der Waals surface area (Å²) in [5.74, 6) is 2.86. The number of benzene rings is 1. The maximum absolute atomic E-state index is 6.03. The molecule has 1 unspecified atom stereocenters. The van der Waals surface area contributed by atoms with Crippen molar-refractivity contribution in [3.8, 4) is 5.75 Å². The molecule has 0 amide bonds. The standard InChI is InChI=1S/C18H21IO4/c1-20-18(13-3-2-4-16(10-13)21-19)17(22-23-18)14-6-11-5-12(8-14)9-15(17)7-11/h2-4,10-12,14-15H,5-9H2,1H3. The molecule has 1 aromatic rings. The molecule has 0 N–H and O–H groups in total. The van der Waals surface area contributed by atoms with Crippen molar-refractivity contribution in [1.29, 1.82) is 0 Å². The molecule has 4 nitrogen and oxygen atoms in total. The lowest BCUT2D eigenvalue weighted by Gasteiger charge is -2.68. The topological polar surface area (TPSA) is 36.9 Å². The van der Waals surface area contributed by atoms with Gasteiger partial charge < -0.3 is 7.80 Å². The molecule has 0 aromatic heterocycles. The average molecular weight is 428 g/mol. The van der Waals surface area contributed by atoms with Crippen LogP contribution in [0.1, 0.15) is 37.7 Å². The maximum atomic E-state index is 6.03. The van der Waals surface area contributed by atoms with Crippen molar-refractivity contribution < 1.29 is 17.6 Å². The highest BCUT2D eigenvalue weighted by Crippen LogP contribution is 2.69. The number of hydrogen-bond donors (Lipinski definition) is 0. The molecule has 0 radical (unpaired) electrons. The van der Waals surface area contributed by atoms with E-state index in [1.165, 1.54) is 32.1 Å². The lowest BCUT2D eigenvalue weighted by Crippen LogP contribution is -2.76. The van der Waals surface area contributed by atoms with Crippen LogP contribution in [0.5, 0.6) is 5.75 Å². The van der Waals surface area contributed by atoms with Crippen LogP contribution in [-0.4, -0.2) is 12.7 Å². The molecular formula is C18H21IO4. The molecule has 1 heterocycles. The molecule has 1 atom stereocenters. The van der Waals surface area contributed by atoms with Gasteiger partial charge in [0.1, 0.15) is 5.75 Å². The molecule has 4 saturated carbocycles. The fourth-order valence-corrected chi connectivity index (χ4v) is 6.38. The van der Waals surface area contributed by atoms with Crippen molar-refractivity contribution in [2.45, 2.75) is 43.5 Å². The fourth-order valence-electron chi connectivity index (χ4n) is 6.11. The van der Waals surface area contributed by atoms with Gasteiger partial charge in [0.15, 0.2) is 28.6 Å². The molecule has 4 bridgehead atoms. The van der Waals surface area contributed by atoms with Crippen molar-refractivity contribution in [2.75, 3.05) is 7.11 Å². The molecule has 5 aliphatic rings. The monoisotopic (exact) mass is 428 g/mol. The molecule has 4 aliphatic carbocycles. The van der Waals surface area contributed by atoms with Gasteiger partial charge in [0, 0.05) is 12.7 Å². The van der Waals surface area contributed by atoms with Crippen LogP contribution in [0.4, 0.5) is 0 Å². The lowest BCUT2D eigenvalue weighted by atomic mass is 9.47. The van der Waals surface area contributed by atoms with E-state index in [2.05, 4.69) is 6.07 Å². The average Bonchev–Trinajstić information content (AvgIpc) is 2.54. The van der Waals surface area contributed by atoms with Crippen LogP contribution in [0, 0.1) is 23.7 Å². The minimum Gasteiger partial charge on any atom is -0.428 e. The highest BCUT2D eigenvalue weighted by Gasteiger charge is 2.76. The number of rotatable bonds is 3. The van der Waals surface area contributed by atoms with Crippen molar-refractivity contribution in [3.63, 3.8) is 0 Å². The van der Waals surface area contributed by atoms with E-state index in [-0.39, 0.29) is 5.60 Å². The highest BCUT2D eigenvalue weighted by molar-refractivity contribution is 14.1. The van der Waals surface area contributed by atoms with Crippen molar-refractivity contribution in [3.05, 3.63) is 29.8 Å². The quantitative estimate of drug-likeness (QED) is 0.530. The molecular weight excluding hydrogens is 407 g/mol. The normalized spacial score (nSPS) is 46.9. The van der Waals surface area contributed by atoms with Gasteiger partial charge in [-0.1, -0.05) is 12.1 Å². The first-order valence-electron chi connectivity index (χ1n) is 8.53. The Morgan fingerprint density at radius 3 is 2.26 bits per heavy atom. The molecule has 23 heavy (non-hydrogen) atoms. The predicted molar refractivity (Wildman–Crippen MR) is 91.7 cm³/mol. The molecule has 1 saturated heterocycles. The van der Waals surface area contributed by atoms with Gasteiger partial charge in [-0.05, 0) is 67.9 Å². The van der Waals surface area contributed by atoms with Crippen molar-refractivity contribution in [2.24, 2.45) is 23.7 Å². The smallest absolute Gasteiger partial charge is 0.260 e. The van der Waals surface area contributed by atoms with E-state index in [4.69, 9.17) is 17.6 Å². The lowest BCUT2D eigenvalue weighted by molar-refractivity contribution is -0.645. The summed E-state index contributed by atoms with van der Waals surface area (Å²) in [5.41, 5.74) is 0.687. The molecule has 5 heteroatoms. The summed E-state index contributed by atoms with van der Waals surface area (Å²) >= 11 is 1.91. The highest BCUT2D eigenvalue weighted by atomic mass is 127. The van der Waals surface area contributed by atoms with Gasteiger partial charge in [0.25, 0.3) is 5.79 Å². The fraction of sp³-hybridized carbons (Fsp3) is 0.667. The van der Waals surface area contributed by atoms with Crippen LogP contribution in [0.25, 0.3) is 0 Å². The number of ether oxygens (including phenoxy) is 1. The zero-order valence-electron chi connectivity index (χ0n) is 13.2. The Kier molecular flexibility index (Phi) is 3.29. The number of methoxy groups -OCH3 is 1. The van der Waals surface area contributed by atoms with Crippen LogP contribution in [0.2, 0.25) is 0 Å². The molecule has 6 rings (SSSR count). The van der Waals surface area contributed by atoms with Crippen LogP contribution < -0.4 is 3.07 Å². The van der Waals surface area contributed by atoms with Crippen LogP contribution in [-0.2, 0) is 20.3 Å². The minimum atomic E-state index is -0.791. The van der Waals surface area contributed by atoms with Crippen LogP contribution in [0.3, 0.4) is 0 Å². The van der Waals surface area contributed by atoms with Gasteiger partial charge in [0.2, 0.25) is 0 Å². The summed E-state index contributed by atoms with van der Waals surface area (Å²) < 4.78 is 11.4. The largest absolute Gasteiger partial charge is 0.428 e. The van der Waals surface area contributed by atoms with Gasteiger partial charge in [-0.25, -0.2) is 4.89 Å². The molecule has 1 aromatic carbocycles. The second-order valence-electron chi connectivity index (χ2n) is 7.69. The van der Waals surface area contributed by atoms with E-state index >= 15 is 0 Å². The molecule has 1 spiro atoms. The Labute approximate surface area is 150 Å². The summed E-state index contributed by atoms with van der Waals surface area (Å²) in [5, 5.41) is 0. The molecule has 124 valence electrons. The van der Waals surface area contributed by atoms with E-state index in [1.54, 1.807) is 7.11 Å². The second kappa shape index (κ2) is 5.07. The van der Waals surface area contributed by atoms with Gasteiger partial charge >= 0.3 is 0 Å². The first-order chi connectivity index (χ1) is 11.2. The Morgan fingerprint density at radius 1 is 1.04 bits per heavy atom. The third-order valence-corrected chi connectivity index (χ3v) is 7.26. The number of halogens is 1. The Hall–Kier alpha value is -0.370. The van der Waals surface area contributed by atoms with E-state index in [0.717, 1.165) is 23.1 Å². The summed E-state index contributed by atoms with van der Waals surface area (Å²) in [6.07, 6.45) is 6.43.